The molecule has 0 aliphatic carbocycles. The van der Waals surface area contributed by atoms with Gasteiger partial charge in [0.2, 0.25) is 5.76 Å². The Hall–Kier alpha value is -2.02. The maximum absolute atomic E-state index is 11.9. The molecule has 0 aliphatic rings. The van der Waals surface area contributed by atoms with Gasteiger partial charge in [-0.15, -0.1) is 0 Å². The lowest BCUT2D eigenvalue weighted by atomic mass is 10.3. The molecular formula is C12H11BrN2O4. The minimum Gasteiger partial charge on any atom is -0.475 e. The zero-order valence-corrected chi connectivity index (χ0v) is 11.6. The van der Waals surface area contributed by atoms with Crippen molar-refractivity contribution >= 4 is 27.8 Å². The van der Waals surface area contributed by atoms with Crippen LogP contribution >= 0.6 is 15.9 Å². The van der Waals surface area contributed by atoms with Gasteiger partial charge in [-0.05, 0) is 34.1 Å². The van der Waals surface area contributed by atoms with Crippen LogP contribution in [0.5, 0.6) is 0 Å². The highest BCUT2D eigenvalue weighted by Crippen LogP contribution is 2.14. The largest absolute Gasteiger partial charge is 0.475 e. The predicted molar refractivity (Wildman–Crippen MR) is 70.0 cm³/mol. The van der Waals surface area contributed by atoms with Crippen LogP contribution in [0.1, 0.15) is 26.8 Å². The van der Waals surface area contributed by atoms with E-state index in [1.54, 1.807) is 23.9 Å². The molecule has 0 bridgehead atoms. The van der Waals surface area contributed by atoms with E-state index in [1.165, 1.54) is 12.1 Å². The number of carbonyl (C=O) groups is 2. The molecule has 6 nitrogen and oxygen atoms in total. The number of nitrogens with one attached hydrogen (secondary N) is 1. The second-order valence-corrected chi connectivity index (χ2v) is 4.82. The summed E-state index contributed by atoms with van der Waals surface area (Å²) in [6.45, 7) is 0.134. The van der Waals surface area contributed by atoms with Crippen molar-refractivity contribution in [2.75, 3.05) is 0 Å². The Kier molecular flexibility index (Phi) is 3.75. The number of carboxylic acids is 1. The predicted octanol–water partition coefficient (Wildman–Crippen LogP) is 2.01. The van der Waals surface area contributed by atoms with Crippen molar-refractivity contribution in [3.63, 3.8) is 0 Å². The van der Waals surface area contributed by atoms with Gasteiger partial charge in [-0.2, -0.15) is 0 Å². The summed E-state index contributed by atoms with van der Waals surface area (Å²) < 4.78 is 7.53. The van der Waals surface area contributed by atoms with Gasteiger partial charge in [0, 0.05) is 17.7 Å². The first kappa shape index (κ1) is 13.4. The van der Waals surface area contributed by atoms with Crippen molar-refractivity contribution in [2.45, 2.75) is 6.54 Å². The summed E-state index contributed by atoms with van der Waals surface area (Å²) in [6, 6.07) is 4.56. The van der Waals surface area contributed by atoms with Gasteiger partial charge in [-0.1, -0.05) is 0 Å². The smallest absolute Gasteiger partial charge is 0.371 e. The molecule has 2 aromatic rings. The van der Waals surface area contributed by atoms with Gasteiger partial charge >= 0.3 is 5.97 Å². The molecule has 19 heavy (non-hydrogen) atoms. The highest BCUT2D eigenvalue weighted by molar-refractivity contribution is 9.10. The number of carbonyl (C=O) groups excluding carboxylic acids is 1. The molecule has 0 fully saturated rings. The van der Waals surface area contributed by atoms with Crippen LogP contribution in [0.25, 0.3) is 0 Å². The molecule has 2 aromatic heterocycles. The number of furan rings is 1. The molecule has 0 aromatic carbocycles. The third-order valence-electron chi connectivity index (χ3n) is 2.50. The number of rotatable bonds is 4. The van der Waals surface area contributed by atoms with Crippen LogP contribution in [0.3, 0.4) is 0 Å². The number of halogens is 1. The molecule has 7 heteroatoms. The van der Waals surface area contributed by atoms with E-state index in [4.69, 9.17) is 9.52 Å². The molecule has 0 atom stereocenters. The van der Waals surface area contributed by atoms with Crippen LogP contribution in [0.2, 0.25) is 0 Å². The van der Waals surface area contributed by atoms with E-state index in [1.807, 2.05) is 0 Å². The summed E-state index contributed by atoms with van der Waals surface area (Å²) in [7, 11) is 1.76. The Morgan fingerprint density at radius 3 is 2.74 bits per heavy atom. The molecule has 2 N–H and O–H groups in total. The lowest BCUT2D eigenvalue weighted by Crippen LogP contribution is -2.24. The van der Waals surface area contributed by atoms with Gasteiger partial charge in [-0.25, -0.2) is 4.79 Å². The Morgan fingerprint density at radius 2 is 2.21 bits per heavy atom. The van der Waals surface area contributed by atoms with E-state index in [0.29, 0.717) is 11.5 Å². The number of hydrogen-bond acceptors (Lipinski definition) is 3. The fourth-order valence-corrected chi connectivity index (χ4v) is 2.12. The van der Waals surface area contributed by atoms with Crippen LogP contribution in [-0.4, -0.2) is 21.6 Å². The Labute approximate surface area is 117 Å². The molecule has 0 spiro atoms. The van der Waals surface area contributed by atoms with Crippen molar-refractivity contribution < 1.29 is 19.1 Å². The van der Waals surface area contributed by atoms with E-state index in [2.05, 4.69) is 21.2 Å². The van der Waals surface area contributed by atoms with Crippen LogP contribution in [0.15, 0.2) is 33.3 Å². The highest BCUT2D eigenvalue weighted by Gasteiger charge is 2.13. The summed E-state index contributed by atoms with van der Waals surface area (Å²) in [5, 5.41) is 11.4. The minimum atomic E-state index is -1.14. The number of amides is 1. The molecular weight excluding hydrogens is 316 g/mol. The Morgan fingerprint density at radius 1 is 1.47 bits per heavy atom. The first-order valence-corrected chi connectivity index (χ1v) is 6.18. The van der Waals surface area contributed by atoms with Gasteiger partial charge in [0.1, 0.15) is 11.5 Å². The first-order valence-electron chi connectivity index (χ1n) is 5.39. The molecule has 0 radical (unpaired) electrons. The van der Waals surface area contributed by atoms with E-state index < -0.39 is 5.97 Å². The number of carboxylic acid groups (broad SMARTS) is 1. The number of nitrogens with zero attached hydrogens (tertiary/aromatic N) is 1. The van der Waals surface area contributed by atoms with E-state index >= 15 is 0 Å². The second kappa shape index (κ2) is 5.31. The Bertz CT molecular complexity index is 629. The topological polar surface area (TPSA) is 84.5 Å². The monoisotopic (exact) mass is 326 g/mol. The number of hydrogen-bond donors (Lipinski definition) is 2. The summed E-state index contributed by atoms with van der Waals surface area (Å²) in [6.07, 6.45) is 1.77. The summed E-state index contributed by atoms with van der Waals surface area (Å²) in [5.41, 5.74) is 0.497. The molecule has 0 aliphatic heterocycles. The van der Waals surface area contributed by atoms with Crippen LogP contribution < -0.4 is 5.32 Å². The molecule has 2 heterocycles. The molecule has 0 unspecified atom stereocenters. The summed E-state index contributed by atoms with van der Waals surface area (Å²) >= 11 is 3.28. The molecule has 1 amide bonds. The van der Waals surface area contributed by atoms with Crippen molar-refractivity contribution in [3.05, 3.63) is 46.1 Å². The van der Waals surface area contributed by atoms with E-state index in [-0.39, 0.29) is 18.2 Å². The lowest BCUT2D eigenvalue weighted by Gasteiger charge is -2.04. The zero-order chi connectivity index (χ0) is 14.0. The second-order valence-electron chi connectivity index (χ2n) is 3.91. The van der Waals surface area contributed by atoms with Gasteiger partial charge in [-0.3, -0.25) is 4.79 Å². The maximum Gasteiger partial charge on any atom is 0.371 e. The lowest BCUT2D eigenvalue weighted by molar-refractivity contribution is 0.0660. The van der Waals surface area contributed by atoms with Crippen LogP contribution in [0.4, 0.5) is 0 Å². The highest BCUT2D eigenvalue weighted by atomic mass is 79.9. The maximum atomic E-state index is 11.9. The van der Waals surface area contributed by atoms with Gasteiger partial charge < -0.3 is 19.4 Å². The normalized spacial score (nSPS) is 10.4. The van der Waals surface area contributed by atoms with E-state index in [0.717, 1.165) is 4.47 Å². The fourth-order valence-electron chi connectivity index (χ4n) is 1.60. The number of aromatic nitrogens is 1. The van der Waals surface area contributed by atoms with Crippen molar-refractivity contribution in [1.82, 2.24) is 9.88 Å². The fraction of sp³-hybridized carbons (Fsp3) is 0.167. The SMILES string of the molecule is Cn1cc(Br)cc1C(=O)NCc1ccc(C(=O)O)o1. The molecule has 100 valence electrons. The van der Waals surface area contributed by atoms with E-state index in [9.17, 15) is 9.59 Å². The summed E-state index contributed by atoms with van der Waals surface area (Å²) in [4.78, 5) is 22.5. The van der Waals surface area contributed by atoms with Gasteiger partial charge in [0.05, 0.1) is 6.54 Å². The molecule has 0 saturated heterocycles. The quantitative estimate of drug-likeness (QED) is 0.900. The average Bonchev–Trinajstić information content (AvgIpc) is 2.93. The zero-order valence-electron chi connectivity index (χ0n) is 10.0. The third kappa shape index (κ3) is 3.05. The van der Waals surface area contributed by atoms with Crippen LogP contribution in [0, 0.1) is 0 Å². The summed E-state index contributed by atoms with van der Waals surface area (Å²) in [5.74, 6) is -1.16. The third-order valence-corrected chi connectivity index (χ3v) is 2.93. The average molecular weight is 327 g/mol. The van der Waals surface area contributed by atoms with Crippen molar-refractivity contribution in [2.24, 2.45) is 7.05 Å². The first-order chi connectivity index (χ1) is 8.97. The van der Waals surface area contributed by atoms with Crippen LogP contribution in [-0.2, 0) is 13.6 Å². The van der Waals surface area contributed by atoms with Crippen molar-refractivity contribution in [3.8, 4) is 0 Å². The minimum absolute atomic E-state index is 0.134. The standard InChI is InChI=1S/C12H11BrN2O4/c1-15-6-7(13)4-9(15)11(16)14-5-8-2-3-10(19-8)12(17)18/h2-4,6H,5H2,1H3,(H,14,16)(H,17,18). The number of aromatic carboxylic acids is 1. The van der Waals surface area contributed by atoms with Crippen molar-refractivity contribution in [1.29, 1.82) is 0 Å². The molecule has 2 rings (SSSR count). The number of aryl methyl sites for hydroxylation is 1. The molecule has 0 saturated carbocycles. The van der Waals surface area contributed by atoms with Gasteiger partial charge in [0.25, 0.3) is 5.91 Å². The van der Waals surface area contributed by atoms with Gasteiger partial charge in [0.15, 0.2) is 0 Å². The Balaban J connectivity index is 2.00.